The zero-order valence-electron chi connectivity index (χ0n) is 10.6. The van der Waals surface area contributed by atoms with Crippen molar-refractivity contribution in [2.75, 3.05) is 13.7 Å². The van der Waals surface area contributed by atoms with Crippen molar-refractivity contribution in [2.24, 2.45) is 0 Å². The molecule has 0 aliphatic carbocycles. The maximum Gasteiger partial charge on any atom is 0.128 e. The summed E-state index contributed by atoms with van der Waals surface area (Å²) in [5.41, 5.74) is -0.187. The van der Waals surface area contributed by atoms with Crippen molar-refractivity contribution in [3.05, 3.63) is 23.8 Å². The monoisotopic (exact) mass is 240 g/mol. The molecule has 1 aromatic carbocycles. The van der Waals surface area contributed by atoms with Crippen molar-refractivity contribution >= 4 is 0 Å². The first kappa shape index (κ1) is 13.8. The van der Waals surface area contributed by atoms with Gasteiger partial charge in [-0.3, -0.25) is 0 Å². The summed E-state index contributed by atoms with van der Waals surface area (Å²) in [5, 5.41) is 19.0. The van der Waals surface area contributed by atoms with E-state index in [9.17, 15) is 10.2 Å². The van der Waals surface area contributed by atoms with E-state index in [1.165, 1.54) is 0 Å². The Balaban J connectivity index is 2.81. The van der Waals surface area contributed by atoms with E-state index >= 15 is 0 Å². The molecule has 0 aliphatic rings. The van der Waals surface area contributed by atoms with Crippen LogP contribution < -0.4 is 9.47 Å². The Morgan fingerprint density at radius 1 is 1.35 bits per heavy atom. The highest BCUT2D eigenvalue weighted by Crippen LogP contribution is 2.26. The minimum absolute atomic E-state index is 0.104. The lowest BCUT2D eigenvalue weighted by atomic mass is 10.1. The van der Waals surface area contributed by atoms with E-state index in [1.54, 1.807) is 32.2 Å². The van der Waals surface area contributed by atoms with E-state index in [1.807, 2.05) is 6.92 Å². The lowest BCUT2D eigenvalue weighted by Gasteiger charge is -2.22. The zero-order valence-corrected chi connectivity index (χ0v) is 10.6. The highest BCUT2D eigenvalue weighted by Gasteiger charge is 2.19. The van der Waals surface area contributed by atoms with Gasteiger partial charge in [0.1, 0.15) is 18.1 Å². The fourth-order valence-electron chi connectivity index (χ4n) is 1.26. The van der Waals surface area contributed by atoms with Gasteiger partial charge in [-0.1, -0.05) is 6.92 Å². The van der Waals surface area contributed by atoms with Crippen molar-refractivity contribution in [3.8, 4) is 11.5 Å². The van der Waals surface area contributed by atoms with Crippen LogP contribution in [0.25, 0.3) is 0 Å². The molecular weight excluding hydrogens is 220 g/mol. The van der Waals surface area contributed by atoms with E-state index in [4.69, 9.17) is 9.47 Å². The van der Waals surface area contributed by atoms with Gasteiger partial charge in [0, 0.05) is 11.6 Å². The molecule has 2 N–H and O–H groups in total. The van der Waals surface area contributed by atoms with Gasteiger partial charge in [0.2, 0.25) is 0 Å². The lowest BCUT2D eigenvalue weighted by Crippen LogP contribution is -2.31. The molecule has 17 heavy (non-hydrogen) atoms. The zero-order chi connectivity index (χ0) is 12.9. The molecule has 0 spiro atoms. The second kappa shape index (κ2) is 5.89. The van der Waals surface area contributed by atoms with Crippen LogP contribution in [0.15, 0.2) is 18.2 Å². The molecule has 0 heterocycles. The molecule has 0 saturated carbocycles. The number of hydrogen-bond donors (Lipinski definition) is 2. The van der Waals surface area contributed by atoms with E-state index in [2.05, 4.69) is 0 Å². The SMILES string of the molecule is CCC(C)(O)COc1cc(OC)ccc1CO. The van der Waals surface area contributed by atoms with Crippen LogP contribution in [0.5, 0.6) is 11.5 Å². The molecule has 0 aliphatic heterocycles. The van der Waals surface area contributed by atoms with Gasteiger partial charge >= 0.3 is 0 Å². The Hall–Kier alpha value is -1.26. The second-order valence-electron chi connectivity index (χ2n) is 4.27. The highest BCUT2D eigenvalue weighted by atomic mass is 16.5. The maximum atomic E-state index is 9.86. The van der Waals surface area contributed by atoms with E-state index < -0.39 is 5.60 Å². The molecule has 1 atom stereocenters. The third kappa shape index (κ3) is 3.91. The van der Waals surface area contributed by atoms with Gasteiger partial charge in [0.05, 0.1) is 19.3 Å². The van der Waals surface area contributed by atoms with Crippen LogP contribution in [-0.4, -0.2) is 29.5 Å². The number of aliphatic hydroxyl groups excluding tert-OH is 1. The summed E-state index contributed by atoms with van der Waals surface area (Å²) in [7, 11) is 1.57. The highest BCUT2D eigenvalue weighted by molar-refractivity contribution is 5.40. The molecular formula is C13H20O4. The van der Waals surface area contributed by atoms with Gasteiger partial charge in [-0.05, 0) is 25.5 Å². The Labute approximate surface area is 102 Å². The summed E-state index contributed by atoms with van der Waals surface area (Å²) in [6.07, 6.45) is 0.603. The topological polar surface area (TPSA) is 58.9 Å². The number of aliphatic hydroxyl groups is 2. The molecule has 4 heteroatoms. The average molecular weight is 240 g/mol. The predicted molar refractivity (Wildman–Crippen MR) is 65.3 cm³/mol. The van der Waals surface area contributed by atoms with Crippen LogP contribution in [-0.2, 0) is 6.61 Å². The summed E-state index contributed by atoms with van der Waals surface area (Å²) in [4.78, 5) is 0. The van der Waals surface area contributed by atoms with Gasteiger partial charge in [0.15, 0.2) is 0 Å². The Morgan fingerprint density at radius 3 is 2.59 bits per heavy atom. The summed E-state index contributed by atoms with van der Waals surface area (Å²) >= 11 is 0. The number of hydrogen-bond acceptors (Lipinski definition) is 4. The molecule has 0 aromatic heterocycles. The largest absolute Gasteiger partial charge is 0.497 e. The standard InChI is InChI=1S/C13H20O4/c1-4-13(2,15)9-17-12-7-11(16-3)6-5-10(12)8-14/h5-7,14-15H,4,8-9H2,1-3H3. The molecule has 1 unspecified atom stereocenters. The summed E-state index contributed by atoms with van der Waals surface area (Å²) < 4.78 is 10.6. The van der Waals surface area contributed by atoms with Gasteiger partial charge in [-0.25, -0.2) is 0 Å². The van der Waals surface area contributed by atoms with Gasteiger partial charge in [-0.15, -0.1) is 0 Å². The van der Waals surface area contributed by atoms with Crippen molar-refractivity contribution < 1.29 is 19.7 Å². The molecule has 4 nitrogen and oxygen atoms in total. The third-order valence-electron chi connectivity index (χ3n) is 2.74. The average Bonchev–Trinajstić information content (AvgIpc) is 2.36. The number of methoxy groups -OCH3 is 1. The molecule has 1 aromatic rings. The van der Waals surface area contributed by atoms with Crippen LogP contribution >= 0.6 is 0 Å². The quantitative estimate of drug-likeness (QED) is 0.795. The first-order valence-electron chi connectivity index (χ1n) is 5.65. The van der Waals surface area contributed by atoms with Gasteiger partial charge in [0.25, 0.3) is 0 Å². The van der Waals surface area contributed by atoms with Crippen LogP contribution in [0.4, 0.5) is 0 Å². The first-order valence-corrected chi connectivity index (χ1v) is 5.65. The van der Waals surface area contributed by atoms with Crippen molar-refractivity contribution in [3.63, 3.8) is 0 Å². The second-order valence-corrected chi connectivity index (χ2v) is 4.27. The number of ether oxygens (including phenoxy) is 2. The minimum Gasteiger partial charge on any atom is -0.497 e. The van der Waals surface area contributed by atoms with E-state index in [0.29, 0.717) is 23.5 Å². The van der Waals surface area contributed by atoms with Gasteiger partial charge < -0.3 is 19.7 Å². The number of rotatable bonds is 6. The van der Waals surface area contributed by atoms with Crippen LogP contribution in [0.2, 0.25) is 0 Å². The molecule has 0 saturated heterocycles. The molecule has 0 bridgehead atoms. The molecule has 0 radical (unpaired) electrons. The Bertz CT molecular complexity index is 360. The Morgan fingerprint density at radius 2 is 2.06 bits per heavy atom. The predicted octanol–water partition coefficient (Wildman–Crippen LogP) is 1.73. The third-order valence-corrected chi connectivity index (χ3v) is 2.74. The molecule has 1 rings (SSSR count). The normalized spacial score (nSPS) is 14.2. The van der Waals surface area contributed by atoms with Crippen molar-refractivity contribution in [1.29, 1.82) is 0 Å². The van der Waals surface area contributed by atoms with E-state index in [-0.39, 0.29) is 13.2 Å². The fraction of sp³-hybridized carbons (Fsp3) is 0.538. The minimum atomic E-state index is -0.865. The van der Waals surface area contributed by atoms with Crippen LogP contribution in [0, 0.1) is 0 Å². The summed E-state index contributed by atoms with van der Waals surface area (Å²) in [5.74, 6) is 1.20. The van der Waals surface area contributed by atoms with Crippen LogP contribution in [0.3, 0.4) is 0 Å². The first-order chi connectivity index (χ1) is 8.02. The summed E-state index contributed by atoms with van der Waals surface area (Å²) in [6.45, 7) is 3.69. The number of benzene rings is 1. The smallest absolute Gasteiger partial charge is 0.128 e. The molecule has 0 amide bonds. The van der Waals surface area contributed by atoms with Gasteiger partial charge in [-0.2, -0.15) is 0 Å². The summed E-state index contributed by atoms with van der Waals surface area (Å²) in [6, 6.07) is 5.21. The van der Waals surface area contributed by atoms with E-state index in [0.717, 1.165) is 0 Å². The Kier molecular flexibility index (Phi) is 4.78. The lowest BCUT2D eigenvalue weighted by molar-refractivity contribution is 0.00777. The maximum absolute atomic E-state index is 9.86. The van der Waals surface area contributed by atoms with Crippen molar-refractivity contribution in [1.82, 2.24) is 0 Å². The van der Waals surface area contributed by atoms with Crippen LogP contribution in [0.1, 0.15) is 25.8 Å². The molecule has 96 valence electrons. The molecule has 0 fully saturated rings. The fourth-order valence-corrected chi connectivity index (χ4v) is 1.26. The van der Waals surface area contributed by atoms with Crippen molar-refractivity contribution in [2.45, 2.75) is 32.5 Å².